The van der Waals surface area contributed by atoms with E-state index in [2.05, 4.69) is 10.1 Å². The predicted octanol–water partition coefficient (Wildman–Crippen LogP) is 2.19. The van der Waals surface area contributed by atoms with Gasteiger partial charge in [-0.3, -0.25) is 10.1 Å². The predicted molar refractivity (Wildman–Crippen MR) is 75.9 cm³/mol. The Labute approximate surface area is 116 Å². The highest BCUT2D eigenvalue weighted by atomic mass is 16.6. The molecule has 0 fully saturated rings. The lowest BCUT2D eigenvalue weighted by Crippen LogP contribution is -2.09. The summed E-state index contributed by atoms with van der Waals surface area (Å²) in [5.41, 5.74) is 8.42. The second-order valence-electron chi connectivity index (χ2n) is 4.48. The van der Waals surface area contributed by atoms with E-state index in [0.717, 1.165) is 5.56 Å². The summed E-state index contributed by atoms with van der Waals surface area (Å²) in [5.74, 6) is 0.449. The van der Waals surface area contributed by atoms with Crippen LogP contribution in [0.25, 0.3) is 5.82 Å². The van der Waals surface area contributed by atoms with Gasteiger partial charge in [0.05, 0.1) is 10.6 Å². The molecule has 106 valence electrons. The van der Waals surface area contributed by atoms with Crippen LogP contribution in [0.15, 0.2) is 12.3 Å². The molecule has 0 unspecified atom stereocenters. The molecular formula is C13H17N5O2. The van der Waals surface area contributed by atoms with Gasteiger partial charge < -0.3 is 5.73 Å². The van der Waals surface area contributed by atoms with Crippen LogP contribution in [0.3, 0.4) is 0 Å². The van der Waals surface area contributed by atoms with E-state index in [4.69, 9.17) is 5.73 Å². The quantitative estimate of drug-likeness (QED) is 0.681. The van der Waals surface area contributed by atoms with Crippen LogP contribution in [-0.2, 0) is 12.8 Å². The van der Waals surface area contributed by atoms with E-state index in [1.165, 1.54) is 4.68 Å². The molecule has 0 aliphatic carbocycles. The summed E-state index contributed by atoms with van der Waals surface area (Å²) < 4.78 is 1.50. The first kappa shape index (κ1) is 14.0. The van der Waals surface area contributed by atoms with Crippen LogP contribution in [-0.4, -0.2) is 19.7 Å². The fourth-order valence-corrected chi connectivity index (χ4v) is 2.16. The van der Waals surface area contributed by atoms with Crippen molar-refractivity contribution in [1.29, 1.82) is 0 Å². The molecule has 7 heteroatoms. The van der Waals surface area contributed by atoms with Crippen LogP contribution in [0.5, 0.6) is 0 Å². The number of nitrogens with zero attached hydrogens (tertiary/aromatic N) is 4. The van der Waals surface area contributed by atoms with E-state index in [0.29, 0.717) is 35.7 Å². The highest BCUT2D eigenvalue weighted by Crippen LogP contribution is 2.29. The first-order valence-corrected chi connectivity index (χ1v) is 6.47. The molecule has 0 saturated heterocycles. The van der Waals surface area contributed by atoms with Gasteiger partial charge >= 0.3 is 5.69 Å². The van der Waals surface area contributed by atoms with Crippen molar-refractivity contribution in [2.45, 2.75) is 33.6 Å². The third kappa shape index (κ3) is 2.11. The second kappa shape index (κ2) is 5.28. The fraction of sp³-hybridized carbons (Fsp3) is 0.385. The number of hydrogen-bond donors (Lipinski definition) is 1. The lowest BCUT2D eigenvalue weighted by molar-refractivity contribution is -0.386. The molecule has 0 bridgehead atoms. The van der Waals surface area contributed by atoms with Crippen molar-refractivity contribution in [2.75, 3.05) is 5.73 Å². The number of rotatable bonds is 4. The second-order valence-corrected chi connectivity index (χ2v) is 4.48. The number of pyridine rings is 1. The van der Waals surface area contributed by atoms with Crippen LogP contribution >= 0.6 is 0 Å². The molecule has 0 amide bonds. The normalized spacial score (nSPS) is 10.8. The Morgan fingerprint density at radius 3 is 2.65 bits per heavy atom. The maximum Gasteiger partial charge on any atom is 0.313 e. The minimum atomic E-state index is -0.382. The third-order valence-electron chi connectivity index (χ3n) is 3.26. The van der Waals surface area contributed by atoms with E-state index in [1.807, 2.05) is 20.8 Å². The van der Waals surface area contributed by atoms with Crippen LogP contribution < -0.4 is 5.73 Å². The number of aryl methyl sites for hydroxylation is 2. The Balaban J connectivity index is 2.74. The zero-order valence-corrected chi connectivity index (χ0v) is 11.8. The van der Waals surface area contributed by atoms with Crippen LogP contribution in [0.2, 0.25) is 0 Å². The molecule has 2 aromatic rings. The van der Waals surface area contributed by atoms with Crippen molar-refractivity contribution in [1.82, 2.24) is 14.8 Å². The first-order valence-electron chi connectivity index (χ1n) is 6.47. The lowest BCUT2D eigenvalue weighted by Gasteiger charge is -2.08. The molecule has 0 spiro atoms. The monoisotopic (exact) mass is 275 g/mol. The van der Waals surface area contributed by atoms with Crippen LogP contribution in [0.4, 0.5) is 11.4 Å². The summed E-state index contributed by atoms with van der Waals surface area (Å²) in [6.45, 7) is 5.56. The molecule has 20 heavy (non-hydrogen) atoms. The molecule has 7 nitrogen and oxygen atoms in total. The number of aromatic nitrogens is 3. The van der Waals surface area contributed by atoms with E-state index < -0.39 is 0 Å². The molecule has 2 N–H and O–H groups in total. The summed E-state index contributed by atoms with van der Waals surface area (Å²) in [4.78, 5) is 15.1. The summed E-state index contributed by atoms with van der Waals surface area (Å²) in [7, 11) is 0. The van der Waals surface area contributed by atoms with E-state index in [1.54, 1.807) is 12.3 Å². The molecule has 2 rings (SSSR count). The molecule has 0 atom stereocenters. The van der Waals surface area contributed by atoms with Gasteiger partial charge in [-0.25, -0.2) is 9.67 Å². The average molecular weight is 275 g/mol. The summed E-state index contributed by atoms with van der Waals surface area (Å²) in [6.07, 6.45) is 2.60. The number of nitrogens with two attached hydrogens (primary N) is 1. The number of hydrogen-bond acceptors (Lipinski definition) is 5. The maximum absolute atomic E-state index is 11.3. The molecule has 0 aliphatic rings. The van der Waals surface area contributed by atoms with Gasteiger partial charge in [0.1, 0.15) is 11.4 Å². The number of anilines is 1. The van der Waals surface area contributed by atoms with Gasteiger partial charge in [0.25, 0.3) is 0 Å². The van der Waals surface area contributed by atoms with Gasteiger partial charge in [-0.2, -0.15) is 5.10 Å². The Hall–Kier alpha value is -2.44. The van der Waals surface area contributed by atoms with Crippen molar-refractivity contribution in [3.8, 4) is 5.82 Å². The zero-order valence-electron chi connectivity index (χ0n) is 11.8. The largest absolute Gasteiger partial charge is 0.395 e. The maximum atomic E-state index is 11.3. The van der Waals surface area contributed by atoms with Crippen LogP contribution in [0.1, 0.15) is 30.8 Å². The molecular weight excluding hydrogens is 258 g/mol. The van der Waals surface area contributed by atoms with Gasteiger partial charge in [0, 0.05) is 6.20 Å². The van der Waals surface area contributed by atoms with Gasteiger partial charge in [-0.1, -0.05) is 13.8 Å². The minimum Gasteiger partial charge on any atom is -0.395 e. The van der Waals surface area contributed by atoms with E-state index >= 15 is 0 Å². The highest BCUT2D eigenvalue weighted by Gasteiger charge is 2.27. The first-order chi connectivity index (χ1) is 9.51. The van der Waals surface area contributed by atoms with E-state index in [-0.39, 0.29) is 10.6 Å². The van der Waals surface area contributed by atoms with Gasteiger partial charge in [-0.05, 0) is 31.4 Å². The van der Waals surface area contributed by atoms with E-state index in [9.17, 15) is 10.1 Å². The molecule has 0 aliphatic heterocycles. The summed E-state index contributed by atoms with van der Waals surface area (Å²) in [6, 6.07) is 1.79. The van der Waals surface area contributed by atoms with Crippen molar-refractivity contribution < 1.29 is 4.92 Å². The summed E-state index contributed by atoms with van der Waals surface area (Å²) >= 11 is 0. The highest BCUT2D eigenvalue weighted by molar-refractivity contribution is 5.59. The topological polar surface area (TPSA) is 99.9 Å². The molecule has 2 aromatic heterocycles. The minimum absolute atomic E-state index is 0.0673. The molecule has 0 radical (unpaired) electrons. The van der Waals surface area contributed by atoms with Gasteiger partial charge in [0.2, 0.25) is 0 Å². The van der Waals surface area contributed by atoms with Crippen molar-refractivity contribution in [2.24, 2.45) is 0 Å². The number of nitro groups is 1. The Bertz CT molecular complexity index is 663. The SMILES string of the molecule is CCc1nn(-c2nccc(C)c2N)c(CC)c1[N+](=O)[O-]. The smallest absolute Gasteiger partial charge is 0.313 e. The Kier molecular flexibility index (Phi) is 3.69. The van der Waals surface area contributed by atoms with Crippen molar-refractivity contribution in [3.63, 3.8) is 0 Å². The number of nitrogen functional groups attached to an aromatic ring is 1. The third-order valence-corrected chi connectivity index (χ3v) is 3.26. The Morgan fingerprint density at radius 1 is 1.40 bits per heavy atom. The Morgan fingerprint density at radius 2 is 2.10 bits per heavy atom. The molecule has 0 saturated carbocycles. The van der Waals surface area contributed by atoms with Crippen molar-refractivity contribution >= 4 is 11.4 Å². The molecule has 2 heterocycles. The van der Waals surface area contributed by atoms with Gasteiger partial charge in [0.15, 0.2) is 5.82 Å². The van der Waals surface area contributed by atoms with Gasteiger partial charge in [-0.15, -0.1) is 0 Å². The van der Waals surface area contributed by atoms with Crippen LogP contribution in [0, 0.1) is 17.0 Å². The van der Waals surface area contributed by atoms with Crippen molar-refractivity contribution in [3.05, 3.63) is 39.3 Å². The zero-order chi connectivity index (χ0) is 14.9. The lowest BCUT2D eigenvalue weighted by atomic mass is 10.2. The summed E-state index contributed by atoms with van der Waals surface area (Å²) in [5, 5.41) is 15.6. The standard InChI is InChI=1S/C13H17N5O2/c1-4-9-12(18(19)20)10(5-2)17(16-9)13-11(14)8(3)6-7-15-13/h6-7H,4-5,14H2,1-3H3. The fourth-order valence-electron chi connectivity index (χ4n) is 2.16. The average Bonchev–Trinajstić information content (AvgIpc) is 2.80. The molecule has 0 aromatic carbocycles.